The van der Waals surface area contributed by atoms with Crippen molar-refractivity contribution in [2.75, 3.05) is 0 Å². The lowest BCUT2D eigenvalue weighted by Crippen LogP contribution is -2.07. The Bertz CT molecular complexity index is 460. The Kier molecular flexibility index (Phi) is 3.89. The first-order valence-corrected chi connectivity index (χ1v) is 4.91. The summed E-state index contributed by atoms with van der Waals surface area (Å²) in [6, 6.07) is 6.35. The number of nitrogens with zero attached hydrogens (tertiary/aromatic N) is 1. The molecule has 0 spiro atoms. The van der Waals surface area contributed by atoms with Gasteiger partial charge in [0.25, 0.3) is 0 Å². The molecule has 0 radical (unpaired) electrons. The number of benzene rings is 1. The highest BCUT2D eigenvalue weighted by Crippen LogP contribution is 2.31. The number of Topliss-reactive ketones (excluding diaryl/α,β-unsaturated/α-hetero) is 1. The van der Waals surface area contributed by atoms with Crippen LogP contribution in [0.3, 0.4) is 0 Å². The van der Waals surface area contributed by atoms with Gasteiger partial charge in [0.2, 0.25) is 0 Å². The van der Waals surface area contributed by atoms with E-state index < -0.39 is 17.7 Å². The molecule has 0 aliphatic heterocycles. The number of halogens is 3. The van der Waals surface area contributed by atoms with E-state index in [0.29, 0.717) is 0 Å². The number of nitriles is 1. The Balaban J connectivity index is 3.06. The fraction of sp³-hybridized carbons (Fsp3) is 0.333. The Morgan fingerprint density at radius 2 is 2.12 bits per heavy atom. The van der Waals surface area contributed by atoms with Gasteiger partial charge in [-0.05, 0) is 18.6 Å². The molecule has 0 fully saturated rings. The van der Waals surface area contributed by atoms with Crippen LogP contribution in [-0.4, -0.2) is 5.78 Å². The zero-order valence-corrected chi connectivity index (χ0v) is 9.08. The summed E-state index contributed by atoms with van der Waals surface area (Å²) in [6.07, 6.45) is -4.51. The standard InChI is InChI=1S/C12H10F3NO/c1-8(17)5-10(7-16)9-3-2-4-11(6-9)12(13,14)15/h2-4,6,10H,5H2,1H3. The average molecular weight is 241 g/mol. The minimum absolute atomic E-state index is 0.0716. The van der Waals surface area contributed by atoms with Gasteiger partial charge < -0.3 is 0 Å². The average Bonchev–Trinajstić information content (AvgIpc) is 2.24. The summed E-state index contributed by atoms with van der Waals surface area (Å²) in [7, 11) is 0. The summed E-state index contributed by atoms with van der Waals surface area (Å²) in [5, 5.41) is 8.84. The van der Waals surface area contributed by atoms with Crippen molar-refractivity contribution in [2.24, 2.45) is 0 Å². The maximum atomic E-state index is 12.4. The van der Waals surface area contributed by atoms with Crippen LogP contribution in [0.4, 0.5) is 13.2 Å². The minimum Gasteiger partial charge on any atom is -0.300 e. The molecule has 0 heterocycles. The van der Waals surface area contributed by atoms with Crippen molar-refractivity contribution >= 4 is 5.78 Å². The van der Waals surface area contributed by atoms with Crippen LogP contribution in [0.5, 0.6) is 0 Å². The van der Waals surface area contributed by atoms with Gasteiger partial charge in [0.1, 0.15) is 5.78 Å². The molecule has 1 aromatic rings. The normalized spacial score (nSPS) is 12.9. The highest BCUT2D eigenvalue weighted by atomic mass is 19.4. The predicted molar refractivity (Wildman–Crippen MR) is 55.1 cm³/mol. The summed E-state index contributed by atoms with van der Waals surface area (Å²) >= 11 is 0. The number of hydrogen-bond donors (Lipinski definition) is 0. The van der Waals surface area contributed by atoms with Gasteiger partial charge in [-0.3, -0.25) is 4.79 Å². The summed E-state index contributed by atoms with van der Waals surface area (Å²) in [5.41, 5.74) is -0.587. The Morgan fingerprint density at radius 3 is 2.59 bits per heavy atom. The first-order chi connectivity index (χ1) is 7.84. The van der Waals surface area contributed by atoms with Crippen LogP contribution in [0.25, 0.3) is 0 Å². The van der Waals surface area contributed by atoms with E-state index in [1.165, 1.54) is 19.1 Å². The summed E-state index contributed by atoms with van der Waals surface area (Å²) < 4.78 is 37.3. The fourth-order valence-electron chi connectivity index (χ4n) is 1.46. The molecule has 90 valence electrons. The molecule has 1 atom stereocenters. The first-order valence-electron chi connectivity index (χ1n) is 4.91. The molecular formula is C12H10F3NO. The molecule has 2 nitrogen and oxygen atoms in total. The van der Waals surface area contributed by atoms with Crippen LogP contribution in [-0.2, 0) is 11.0 Å². The monoisotopic (exact) mass is 241 g/mol. The Morgan fingerprint density at radius 1 is 1.47 bits per heavy atom. The molecule has 5 heteroatoms. The van der Waals surface area contributed by atoms with Crippen LogP contribution in [0.2, 0.25) is 0 Å². The van der Waals surface area contributed by atoms with Gasteiger partial charge in [-0.15, -0.1) is 0 Å². The van der Waals surface area contributed by atoms with Gasteiger partial charge in [0.05, 0.1) is 17.6 Å². The van der Waals surface area contributed by atoms with Crippen molar-refractivity contribution in [3.8, 4) is 6.07 Å². The van der Waals surface area contributed by atoms with Gasteiger partial charge in [0.15, 0.2) is 0 Å². The number of carbonyl (C=O) groups excluding carboxylic acids is 1. The molecule has 0 aliphatic rings. The molecule has 0 aromatic heterocycles. The molecule has 0 saturated carbocycles. The molecule has 0 bridgehead atoms. The van der Waals surface area contributed by atoms with Gasteiger partial charge >= 0.3 is 6.18 Å². The summed E-state index contributed by atoms with van der Waals surface area (Å²) in [4.78, 5) is 10.9. The van der Waals surface area contributed by atoms with Crippen molar-refractivity contribution in [2.45, 2.75) is 25.4 Å². The van der Waals surface area contributed by atoms with Crippen molar-refractivity contribution in [3.05, 3.63) is 35.4 Å². The highest BCUT2D eigenvalue weighted by molar-refractivity contribution is 5.77. The zero-order chi connectivity index (χ0) is 13.1. The SMILES string of the molecule is CC(=O)CC(C#N)c1cccc(C(F)(F)F)c1. The van der Waals surface area contributed by atoms with Crippen molar-refractivity contribution in [3.63, 3.8) is 0 Å². The van der Waals surface area contributed by atoms with E-state index in [4.69, 9.17) is 5.26 Å². The molecule has 1 rings (SSSR count). The summed E-state index contributed by atoms with van der Waals surface area (Å²) in [5.74, 6) is -1.05. The zero-order valence-electron chi connectivity index (χ0n) is 9.08. The Labute approximate surface area is 96.7 Å². The number of rotatable bonds is 3. The maximum Gasteiger partial charge on any atom is 0.416 e. The second kappa shape index (κ2) is 5.00. The molecule has 1 unspecified atom stereocenters. The number of alkyl halides is 3. The molecule has 0 N–H and O–H groups in total. The topological polar surface area (TPSA) is 40.9 Å². The van der Waals surface area contributed by atoms with E-state index >= 15 is 0 Å². The molecule has 0 amide bonds. The van der Waals surface area contributed by atoms with Crippen molar-refractivity contribution < 1.29 is 18.0 Å². The Hall–Kier alpha value is -1.83. The van der Waals surface area contributed by atoms with Gasteiger partial charge in [-0.2, -0.15) is 18.4 Å². The van der Waals surface area contributed by atoms with Crippen LogP contribution in [0, 0.1) is 11.3 Å². The van der Waals surface area contributed by atoms with Crippen LogP contribution in [0.1, 0.15) is 30.4 Å². The minimum atomic E-state index is -4.44. The van der Waals surface area contributed by atoms with Crippen molar-refractivity contribution in [1.29, 1.82) is 5.26 Å². The van der Waals surface area contributed by atoms with E-state index in [1.54, 1.807) is 0 Å². The van der Waals surface area contributed by atoms with E-state index in [9.17, 15) is 18.0 Å². The maximum absolute atomic E-state index is 12.4. The number of carbonyl (C=O) groups is 1. The third-order valence-corrected chi connectivity index (χ3v) is 2.26. The highest BCUT2D eigenvalue weighted by Gasteiger charge is 2.31. The second-order valence-electron chi connectivity index (χ2n) is 3.71. The molecule has 0 saturated heterocycles. The fourth-order valence-corrected chi connectivity index (χ4v) is 1.46. The lowest BCUT2D eigenvalue weighted by molar-refractivity contribution is -0.137. The third kappa shape index (κ3) is 3.59. The number of hydrogen-bond acceptors (Lipinski definition) is 2. The van der Waals surface area contributed by atoms with Crippen LogP contribution in [0.15, 0.2) is 24.3 Å². The quantitative estimate of drug-likeness (QED) is 0.814. The van der Waals surface area contributed by atoms with E-state index in [0.717, 1.165) is 12.1 Å². The van der Waals surface area contributed by atoms with Crippen molar-refractivity contribution in [1.82, 2.24) is 0 Å². The van der Waals surface area contributed by atoms with E-state index in [1.807, 2.05) is 6.07 Å². The molecule has 1 aromatic carbocycles. The van der Waals surface area contributed by atoms with Crippen LogP contribution >= 0.6 is 0 Å². The van der Waals surface area contributed by atoms with E-state index in [2.05, 4.69) is 0 Å². The largest absolute Gasteiger partial charge is 0.416 e. The van der Waals surface area contributed by atoms with E-state index in [-0.39, 0.29) is 17.8 Å². The number of ketones is 1. The third-order valence-electron chi connectivity index (χ3n) is 2.26. The van der Waals surface area contributed by atoms with Gasteiger partial charge in [-0.25, -0.2) is 0 Å². The molecule has 17 heavy (non-hydrogen) atoms. The molecular weight excluding hydrogens is 231 g/mol. The lowest BCUT2D eigenvalue weighted by Gasteiger charge is -2.11. The first kappa shape index (κ1) is 13.2. The second-order valence-corrected chi connectivity index (χ2v) is 3.71. The lowest BCUT2D eigenvalue weighted by atomic mass is 9.94. The van der Waals surface area contributed by atoms with Crippen LogP contribution < -0.4 is 0 Å². The van der Waals surface area contributed by atoms with Gasteiger partial charge in [0, 0.05) is 6.42 Å². The predicted octanol–water partition coefficient (Wildman–Crippen LogP) is 3.29. The molecule has 0 aliphatic carbocycles. The van der Waals surface area contributed by atoms with Gasteiger partial charge in [-0.1, -0.05) is 18.2 Å². The smallest absolute Gasteiger partial charge is 0.300 e. The summed E-state index contributed by atoms with van der Waals surface area (Å²) in [6.45, 7) is 1.30.